The number of hydrogen-bond acceptors (Lipinski definition) is 3. The average Bonchev–Trinajstić information content (AvgIpc) is 3.45. The van der Waals surface area contributed by atoms with E-state index in [4.69, 9.17) is 11.6 Å². The van der Waals surface area contributed by atoms with Crippen LogP contribution in [0.15, 0.2) is 66.7 Å². The van der Waals surface area contributed by atoms with Crippen molar-refractivity contribution in [3.8, 4) is 0 Å². The van der Waals surface area contributed by atoms with Crippen molar-refractivity contribution < 1.29 is 22.8 Å². The van der Waals surface area contributed by atoms with Gasteiger partial charge in [-0.25, -0.2) is 13.2 Å². The van der Waals surface area contributed by atoms with Crippen LogP contribution in [0.3, 0.4) is 0 Å². The van der Waals surface area contributed by atoms with Crippen LogP contribution < -0.4 is 5.32 Å². The van der Waals surface area contributed by atoms with Gasteiger partial charge in [-0.15, -0.1) is 0 Å². The van der Waals surface area contributed by atoms with Crippen LogP contribution in [0.25, 0.3) is 0 Å². The predicted octanol–water partition coefficient (Wildman–Crippen LogP) is 5.32. The zero-order valence-corrected chi connectivity index (χ0v) is 21.3. The molecule has 3 aromatic carbocycles. The van der Waals surface area contributed by atoms with Crippen LogP contribution in [-0.2, 0) is 0 Å². The number of likely N-dealkylation sites (tertiary alicyclic amines) is 2. The molecule has 2 fully saturated rings. The monoisotopic (exact) mass is 541 g/mol. The van der Waals surface area contributed by atoms with Gasteiger partial charge < -0.3 is 15.1 Å². The third-order valence-corrected chi connectivity index (χ3v) is 7.71. The van der Waals surface area contributed by atoms with Gasteiger partial charge in [-0.3, -0.25) is 9.59 Å². The van der Waals surface area contributed by atoms with Gasteiger partial charge in [-0.05, 0) is 48.1 Å². The molecule has 3 aromatic rings. The Balaban J connectivity index is 1.20. The van der Waals surface area contributed by atoms with E-state index in [0.29, 0.717) is 26.1 Å². The summed E-state index contributed by atoms with van der Waals surface area (Å²) >= 11 is 6.10. The Bertz CT molecular complexity index is 1290. The van der Waals surface area contributed by atoms with E-state index in [1.165, 1.54) is 18.2 Å². The predicted molar refractivity (Wildman–Crippen MR) is 138 cm³/mol. The Labute approximate surface area is 224 Å². The quantitative estimate of drug-likeness (QED) is 0.440. The smallest absolute Gasteiger partial charge is 0.258 e. The molecule has 2 aliphatic rings. The van der Waals surface area contributed by atoms with Crippen molar-refractivity contribution in [3.63, 3.8) is 0 Å². The Morgan fingerprint density at radius 3 is 2.18 bits per heavy atom. The molecule has 3 atom stereocenters. The normalized spacial score (nSPS) is 19.8. The second kappa shape index (κ2) is 11.2. The molecule has 0 bridgehead atoms. The number of nitrogens with one attached hydrogen (secondary N) is 1. The summed E-state index contributed by atoms with van der Waals surface area (Å²) in [5, 5.41) is 3.04. The molecule has 38 heavy (non-hydrogen) atoms. The van der Waals surface area contributed by atoms with Crippen molar-refractivity contribution in [1.29, 1.82) is 0 Å². The number of fused-ring (bicyclic) bond motifs is 1. The third kappa shape index (κ3) is 5.71. The van der Waals surface area contributed by atoms with Gasteiger partial charge in [0.2, 0.25) is 0 Å². The molecule has 0 aromatic heterocycles. The standard InChI is InChI=1S/C29H27ClF3N3O2/c30-24-7-4-8-25(33)27(24)29(38)36-16-20-14-35(15-21(20)17-36)10-9-26(18-5-2-1-3-6-18)34-28(37)19-11-22(31)13-23(32)12-19/h1-8,11-13,20-21,26H,9-10,14-17H2,(H,34,37)/t20?,21?,26-/m0/s1. The first-order valence-electron chi connectivity index (χ1n) is 12.6. The van der Waals surface area contributed by atoms with E-state index < -0.39 is 23.4 Å². The van der Waals surface area contributed by atoms with E-state index in [0.717, 1.165) is 36.9 Å². The van der Waals surface area contributed by atoms with Crippen molar-refractivity contribution >= 4 is 23.4 Å². The number of rotatable bonds is 7. The fourth-order valence-corrected chi connectivity index (χ4v) is 5.79. The minimum atomic E-state index is -0.806. The Kier molecular flexibility index (Phi) is 7.72. The first-order chi connectivity index (χ1) is 18.3. The van der Waals surface area contributed by atoms with Crippen LogP contribution in [0, 0.1) is 29.3 Å². The minimum absolute atomic E-state index is 0.0705. The first-order valence-corrected chi connectivity index (χ1v) is 12.9. The maximum absolute atomic E-state index is 14.3. The molecule has 2 unspecified atom stereocenters. The van der Waals surface area contributed by atoms with Crippen molar-refractivity contribution in [2.45, 2.75) is 12.5 Å². The highest BCUT2D eigenvalue weighted by Gasteiger charge is 2.42. The van der Waals surface area contributed by atoms with E-state index in [1.54, 1.807) is 4.90 Å². The molecule has 0 spiro atoms. The molecule has 2 amide bonds. The van der Waals surface area contributed by atoms with Crippen LogP contribution in [0.1, 0.15) is 38.7 Å². The van der Waals surface area contributed by atoms with Gasteiger partial charge in [0, 0.05) is 44.4 Å². The van der Waals surface area contributed by atoms with Crippen LogP contribution >= 0.6 is 11.6 Å². The van der Waals surface area contributed by atoms with Gasteiger partial charge in [0.1, 0.15) is 17.5 Å². The summed E-state index contributed by atoms with van der Waals surface area (Å²) in [6.07, 6.45) is 0.598. The largest absolute Gasteiger partial charge is 0.345 e. The van der Waals surface area contributed by atoms with Crippen molar-refractivity contribution in [1.82, 2.24) is 15.1 Å². The summed E-state index contributed by atoms with van der Waals surface area (Å²) < 4.78 is 41.6. The van der Waals surface area contributed by atoms with Gasteiger partial charge in [0.15, 0.2) is 0 Å². The Morgan fingerprint density at radius 2 is 1.55 bits per heavy atom. The summed E-state index contributed by atoms with van der Waals surface area (Å²) in [4.78, 5) is 29.7. The van der Waals surface area contributed by atoms with Gasteiger partial charge in [0.25, 0.3) is 11.8 Å². The molecule has 0 saturated carbocycles. The summed E-state index contributed by atoms with van der Waals surface area (Å²) in [7, 11) is 0. The topological polar surface area (TPSA) is 52.7 Å². The van der Waals surface area contributed by atoms with Crippen molar-refractivity contribution in [2.75, 3.05) is 32.7 Å². The highest BCUT2D eigenvalue weighted by molar-refractivity contribution is 6.33. The van der Waals surface area contributed by atoms with Crippen molar-refractivity contribution in [2.24, 2.45) is 11.8 Å². The Morgan fingerprint density at radius 1 is 0.895 bits per heavy atom. The van der Waals surface area contributed by atoms with Crippen LogP contribution in [0.5, 0.6) is 0 Å². The molecular formula is C29H27ClF3N3O2. The van der Waals surface area contributed by atoms with E-state index in [2.05, 4.69) is 10.2 Å². The number of nitrogens with zero attached hydrogens (tertiary/aromatic N) is 2. The SMILES string of the molecule is O=C(N[C@@H](CCN1CC2CN(C(=O)c3c(F)cccc3Cl)CC2C1)c1ccccc1)c1cc(F)cc(F)c1. The lowest BCUT2D eigenvalue weighted by molar-refractivity contribution is 0.0769. The maximum atomic E-state index is 14.3. The third-order valence-electron chi connectivity index (χ3n) is 7.39. The molecule has 0 radical (unpaired) electrons. The number of benzene rings is 3. The summed E-state index contributed by atoms with van der Waals surface area (Å²) in [6.45, 7) is 3.33. The molecule has 2 aliphatic heterocycles. The molecule has 2 heterocycles. The van der Waals surface area contributed by atoms with Gasteiger partial charge in [0.05, 0.1) is 16.6 Å². The lowest BCUT2D eigenvalue weighted by atomic mass is 10.0. The number of halogens is 4. The lowest BCUT2D eigenvalue weighted by Crippen LogP contribution is -2.35. The molecule has 1 N–H and O–H groups in total. The number of carbonyl (C=O) groups is 2. The first kappa shape index (κ1) is 26.3. The van der Waals surface area contributed by atoms with Crippen LogP contribution in [0.2, 0.25) is 5.02 Å². The van der Waals surface area contributed by atoms with Gasteiger partial charge in [-0.2, -0.15) is 0 Å². The second-order valence-corrected chi connectivity index (χ2v) is 10.4. The minimum Gasteiger partial charge on any atom is -0.345 e. The van der Waals surface area contributed by atoms with E-state index in [9.17, 15) is 22.8 Å². The van der Waals surface area contributed by atoms with Crippen molar-refractivity contribution in [3.05, 3.63) is 106 Å². The molecule has 5 rings (SSSR count). The fourth-order valence-electron chi connectivity index (χ4n) is 5.54. The van der Waals surface area contributed by atoms with Crippen LogP contribution in [-0.4, -0.2) is 54.3 Å². The van der Waals surface area contributed by atoms with Gasteiger partial charge >= 0.3 is 0 Å². The highest BCUT2D eigenvalue weighted by Crippen LogP contribution is 2.34. The number of amides is 2. The lowest BCUT2D eigenvalue weighted by Gasteiger charge is -2.25. The number of carbonyl (C=O) groups excluding carboxylic acids is 2. The van der Waals surface area contributed by atoms with Gasteiger partial charge in [-0.1, -0.05) is 48.0 Å². The van der Waals surface area contributed by atoms with E-state index in [-0.39, 0.29) is 39.9 Å². The Hall–Kier alpha value is -3.36. The van der Waals surface area contributed by atoms with E-state index in [1.807, 2.05) is 30.3 Å². The molecule has 5 nitrogen and oxygen atoms in total. The molecular weight excluding hydrogens is 515 g/mol. The molecule has 198 valence electrons. The zero-order valence-electron chi connectivity index (χ0n) is 20.5. The zero-order chi connectivity index (χ0) is 26.8. The summed E-state index contributed by atoms with van der Waals surface area (Å²) in [5.74, 6) is -2.61. The fraction of sp³-hybridized carbons (Fsp3) is 0.310. The molecule has 2 saturated heterocycles. The summed E-state index contributed by atoms with van der Waals surface area (Å²) in [6, 6.07) is 16.1. The van der Waals surface area contributed by atoms with E-state index >= 15 is 0 Å². The number of hydrogen-bond donors (Lipinski definition) is 1. The maximum Gasteiger partial charge on any atom is 0.258 e. The highest BCUT2D eigenvalue weighted by atomic mass is 35.5. The molecule has 9 heteroatoms. The van der Waals surface area contributed by atoms with Crippen LogP contribution in [0.4, 0.5) is 13.2 Å². The summed E-state index contributed by atoms with van der Waals surface area (Å²) in [5.41, 5.74) is 0.750. The molecule has 0 aliphatic carbocycles. The second-order valence-electron chi connectivity index (χ2n) is 9.97. The average molecular weight is 542 g/mol.